The van der Waals surface area contributed by atoms with E-state index in [1.54, 1.807) is 24.3 Å². The molecule has 6 N–H and O–H groups in total. The summed E-state index contributed by atoms with van der Waals surface area (Å²) in [6.07, 6.45) is 41.4. The fourth-order valence-electron chi connectivity index (χ4n) is 5.28. The number of rotatable bonds is 39. The number of carboxylic acid groups (broad SMARTS) is 1. The Kier molecular flexibility index (Phi) is 37.4. The standard InChI is InChI=1S/C46H76NO12P/c1-3-5-7-8-9-10-11-12-13-14-15-16-17-18-22-25-29-35-45(51)59-42(38-57-60(54,55)58-39-43(47)46(52)53)37-56-44(50)36-30-34-41(49)33-28-24-21-19-20-23-27-32-40(48)31-26-6-4-2/h9-10,12-13,15-16,20-21,23-24,27-28,32-33,40-43,48-49H,3-8,11,14,17-19,22,25-26,29-31,34-39,47H2,1-2H3,(H,52,53)(H,54,55)/b10-9-,13-12-,16-15-,23-20-,24-21-,32-27+,33-28+/t40-,41-,42+,43-/m0/s1. The molecule has 342 valence electrons. The summed E-state index contributed by atoms with van der Waals surface area (Å²) in [5.74, 6) is -2.68. The summed E-state index contributed by atoms with van der Waals surface area (Å²) in [6.45, 7) is 2.40. The van der Waals surface area contributed by atoms with Crippen molar-refractivity contribution < 1.29 is 57.7 Å². The van der Waals surface area contributed by atoms with E-state index < -0.39 is 69.9 Å². The molecule has 0 aliphatic rings. The van der Waals surface area contributed by atoms with Gasteiger partial charge in [0.05, 0.1) is 25.4 Å². The van der Waals surface area contributed by atoms with Gasteiger partial charge in [-0.05, 0) is 70.6 Å². The number of hydrogen-bond acceptors (Lipinski definition) is 11. The molecule has 0 amide bonds. The van der Waals surface area contributed by atoms with Crippen molar-refractivity contribution >= 4 is 25.7 Å². The van der Waals surface area contributed by atoms with E-state index >= 15 is 0 Å². The highest BCUT2D eigenvalue weighted by atomic mass is 31.2. The number of phosphoric acid groups is 1. The summed E-state index contributed by atoms with van der Waals surface area (Å²) in [5.41, 5.74) is 5.32. The molecular weight excluding hydrogens is 789 g/mol. The SMILES string of the molecule is CCCCC/C=C\C/C=C\C/C=C\CCCCCCC(=O)O[C@H](COC(=O)CCC[C@@H](O)/C=C/C=C\C/C=C\C=C\[C@@H](O)CCCCC)COP(=O)(O)OC[C@H](N)C(=O)O. The monoisotopic (exact) mass is 866 g/mol. The predicted octanol–water partition coefficient (Wildman–Crippen LogP) is 9.44. The molecule has 0 aromatic rings. The zero-order chi connectivity index (χ0) is 44.5. The first-order chi connectivity index (χ1) is 28.9. The number of ether oxygens (including phenoxy) is 2. The molecule has 13 nitrogen and oxygen atoms in total. The number of unbranched alkanes of at least 4 members (excludes halogenated alkanes) is 9. The van der Waals surface area contributed by atoms with E-state index in [0.717, 1.165) is 70.6 Å². The molecule has 0 saturated carbocycles. The Morgan fingerprint density at radius 1 is 0.600 bits per heavy atom. The smallest absolute Gasteiger partial charge is 0.472 e. The topological polar surface area (TPSA) is 212 Å². The van der Waals surface area contributed by atoms with Crippen LogP contribution in [0.25, 0.3) is 0 Å². The van der Waals surface area contributed by atoms with Gasteiger partial charge < -0.3 is 35.4 Å². The van der Waals surface area contributed by atoms with Crippen LogP contribution in [0.2, 0.25) is 0 Å². The van der Waals surface area contributed by atoms with E-state index in [2.05, 4.69) is 54.8 Å². The second-order valence-electron chi connectivity index (χ2n) is 14.5. The molecule has 0 rings (SSSR count). The van der Waals surface area contributed by atoms with Gasteiger partial charge in [-0.2, -0.15) is 0 Å². The van der Waals surface area contributed by atoms with Crippen LogP contribution in [0.15, 0.2) is 85.1 Å². The average molecular weight is 866 g/mol. The molecule has 0 radical (unpaired) electrons. The lowest BCUT2D eigenvalue weighted by Crippen LogP contribution is -2.34. The van der Waals surface area contributed by atoms with Crippen LogP contribution in [0, 0.1) is 0 Å². The second-order valence-corrected chi connectivity index (χ2v) is 16.0. The van der Waals surface area contributed by atoms with Gasteiger partial charge in [0, 0.05) is 12.8 Å². The Labute approximate surface area is 359 Å². The van der Waals surface area contributed by atoms with Crippen LogP contribution < -0.4 is 5.73 Å². The Morgan fingerprint density at radius 2 is 1.10 bits per heavy atom. The maximum Gasteiger partial charge on any atom is 0.472 e. The summed E-state index contributed by atoms with van der Waals surface area (Å²) in [4.78, 5) is 46.0. The fourth-order valence-corrected chi connectivity index (χ4v) is 6.06. The number of phosphoric ester groups is 1. The van der Waals surface area contributed by atoms with Gasteiger partial charge in [-0.3, -0.25) is 23.4 Å². The number of aliphatic hydroxyl groups excluding tert-OH is 2. The van der Waals surface area contributed by atoms with Gasteiger partial charge in [0.1, 0.15) is 12.6 Å². The zero-order valence-corrected chi connectivity index (χ0v) is 37.1. The van der Waals surface area contributed by atoms with Crippen LogP contribution in [0.1, 0.15) is 142 Å². The highest BCUT2D eigenvalue weighted by Gasteiger charge is 2.28. The molecule has 0 fully saturated rings. The molecule has 0 saturated heterocycles. The first kappa shape index (κ1) is 56.6. The normalized spacial score (nSPS) is 15.6. The molecule has 0 aromatic heterocycles. The van der Waals surface area contributed by atoms with E-state index in [-0.39, 0.29) is 12.8 Å². The third-order valence-corrected chi connectivity index (χ3v) is 9.77. The Bertz CT molecular complexity index is 1370. The molecule has 0 bridgehead atoms. The van der Waals surface area contributed by atoms with Crippen molar-refractivity contribution in [3.05, 3.63) is 85.1 Å². The summed E-state index contributed by atoms with van der Waals surface area (Å²) in [6, 6.07) is -1.56. The molecule has 0 aliphatic heterocycles. The predicted molar refractivity (Wildman–Crippen MR) is 238 cm³/mol. The first-order valence-corrected chi connectivity index (χ1v) is 23.3. The number of hydrogen-bond donors (Lipinski definition) is 5. The van der Waals surface area contributed by atoms with Gasteiger partial charge in [0.25, 0.3) is 0 Å². The number of aliphatic carboxylic acids is 1. The third kappa shape index (κ3) is 38.8. The summed E-state index contributed by atoms with van der Waals surface area (Å²) < 4.78 is 32.5. The van der Waals surface area contributed by atoms with Crippen LogP contribution in [0.4, 0.5) is 0 Å². The van der Waals surface area contributed by atoms with E-state index in [9.17, 15) is 34.1 Å². The van der Waals surface area contributed by atoms with E-state index in [0.29, 0.717) is 25.7 Å². The van der Waals surface area contributed by atoms with E-state index in [1.807, 2.05) is 24.3 Å². The van der Waals surface area contributed by atoms with Gasteiger partial charge in [-0.25, -0.2) is 4.57 Å². The van der Waals surface area contributed by atoms with Crippen LogP contribution in [0.3, 0.4) is 0 Å². The number of nitrogens with two attached hydrogens (primary N) is 1. The molecule has 5 atom stereocenters. The molecule has 0 heterocycles. The summed E-state index contributed by atoms with van der Waals surface area (Å²) >= 11 is 0. The maximum absolute atomic E-state index is 12.6. The van der Waals surface area contributed by atoms with Crippen LogP contribution in [-0.4, -0.2) is 82.3 Å². The molecule has 0 aromatic carbocycles. The van der Waals surface area contributed by atoms with Crippen molar-refractivity contribution in [3.8, 4) is 0 Å². The van der Waals surface area contributed by atoms with E-state index in [1.165, 1.54) is 19.3 Å². The molecule has 14 heteroatoms. The van der Waals surface area contributed by atoms with Crippen molar-refractivity contribution in [2.75, 3.05) is 19.8 Å². The van der Waals surface area contributed by atoms with Gasteiger partial charge in [0.15, 0.2) is 6.10 Å². The lowest BCUT2D eigenvalue weighted by Gasteiger charge is -2.20. The van der Waals surface area contributed by atoms with Crippen molar-refractivity contribution in [1.29, 1.82) is 0 Å². The fraction of sp³-hybridized carbons (Fsp3) is 0.630. The van der Waals surface area contributed by atoms with Crippen molar-refractivity contribution in [1.82, 2.24) is 0 Å². The molecule has 1 unspecified atom stereocenters. The van der Waals surface area contributed by atoms with Gasteiger partial charge in [0.2, 0.25) is 0 Å². The van der Waals surface area contributed by atoms with E-state index in [4.69, 9.17) is 24.8 Å². The highest BCUT2D eigenvalue weighted by Crippen LogP contribution is 2.43. The van der Waals surface area contributed by atoms with Gasteiger partial charge in [-0.1, -0.05) is 144 Å². The highest BCUT2D eigenvalue weighted by molar-refractivity contribution is 7.47. The molecular formula is C46H76NO12P. The summed E-state index contributed by atoms with van der Waals surface area (Å²) in [7, 11) is -4.78. The van der Waals surface area contributed by atoms with Crippen LogP contribution in [0.5, 0.6) is 0 Å². The number of allylic oxidation sites excluding steroid dienone is 12. The maximum atomic E-state index is 12.6. The number of carbonyl (C=O) groups excluding carboxylic acids is 2. The summed E-state index contributed by atoms with van der Waals surface area (Å²) in [5, 5.41) is 29.0. The Hall–Kier alpha value is -3.42. The Balaban J connectivity index is 4.66. The average Bonchev–Trinajstić information content (AvgIpc) is 3.21. The number of aliphatic hydroxyl groups is 2. The van der Waals surface area contributed by atoms with Gasteiger partial charge >= 0.3 is 25.7 Å². The number of esters is 2. The Morgan fingerprint density at radius 3 is 1.70 bits per heavy atom. The quantitative estimate of drug-likeness (QED) is 0.0128. The second kappa shape index (κ2) is 39.7. The van der Waals surface area contributed by atoms with Gasteiger partial charge in [-0.15, -0.1) is 0 Å². The molecule has 60 heavy (non-hydrogen) atoms. The van der Waals surface area contributed by atoms with Crippen molar-refractivity contribution in [2.45, 2.75) is 167 Å². The number of carboxylic acids is 1. The largest absolute Gasteiger partial charge is 0.480 e. The molecule has 0 spiro atoms. The minimum atomic E-state index is -4.78. The van der Waals surface area contributed by atoms with Crippen LogP contribution >= 0.6 is 7.82 Å². The third-order valence-electron chi connectivity index (χ3n) is 8.82. The minimum absolute atomic E-state index is 0.0364. The van der Waals surface area contributed by atoms with Crippen molar-refractivity contribution in [3.63, 3.8) is 0 Å². The first-order valence-electron chi connectivity index (χ1n) is 21.8. The lowest BCUT2D eigenvalue weighted by atomic mass is 10.1. The lowest BCUT2D eigenvalue weighted by molar-refractivity contribution is -0.161. The minimum Gasteiger partial charge on any atom is -0.480 e. The molecule has 0 aliphatic carbocycles. The zero-order valence-electron chi connectivity index (χ0n) is 36.2. The van der Waals surface area contributed by atoms with Crippen LogP contribution in [-0.2, 0) is 37.5 Å². The number of carbonyl (C=O) groups is 3. The van der Waals surface area contributed by atoms with Crippen molar-refractivity contribution in [2.24, 2.45) is 5.73 Å².